The molecule has 2 atom stereocenters. The summed E-state index contributed by atoms with van der Waals surface area (Å²) in [5.41, 5.74) is -0.850. The molecule has 0 spiro atoms. The fraction of sp³-hybridized carbons (Fsp3) is 0.474. The molecule has 1 rings (SSSR count). The van der Waals surface area contributed by atoms with Gasteiger partial charge in [-0.1, -0.05) is 30.3 Å². The van der Waals surface area contributed by atoms with Crippen molar-refractivity contribution in [3.05, 3.63) is 35.9 Å². The number of ether oxygens (including phenoxy) is 3. The first-order chi connectivity index (χ1) is 15.3. The van der Waals surface area contributed by atoms with E-state index in [9.17, 15) is 27.6 Å². The number of hydrogen-bond donors (Lipinski definition) is 3. The van der Waals surface area contributed by atoms with Crippen LogP contribution in [0.15, 0.2) is 30.3 Å². The highest BCUT2D eigenvalue weighted by molar-refractivity contribution is 7.85. The maximum absolute atomic E-state index is 12.7. The molecule has 0 aliphatic rings. The average molecular weight is 490 g/mol. The maximum atomic E-state index is 12.7. The van der Waals surface area contributed by atoms with Crippen molar-refractivity contribution >= 4 is 34.4 Å². The number of alkyl carbamates (subject to hydrolysis) is 1. The Hall–Kier alpha value is -3.39. The molecule has 33 heavy (non-hydrogen) atoms. The smallest absolute Gasteiger partial charge is 0.422 e. The Labute approximate surface area is 191 Å². The summed E-state index contributed by atoms with van der Waals surface area (Å²) in [5, 5.41) is 4.61. The molecule has 0 unspecified atom stereocenters. The number of amides is 3. The van der Waals surface area contributed by atoms with Gasteiger partial charge in [-0.05, 0) is 26.3 Å². The van der Waals surface area contributed by atoms with Crippen LogP contribution in [0.25, 0.3) is 0 Å². The topological polar surface area (TPSA) is 175 Å². The van der Waals surface area contributed by atoms with E-state index < -0.39 is 52.1 Å². The first-order valence-electron chi connectivity index (χ1n) is 9.48. The summed E-state index contributed by atoms with van der Waals surface area (Å²) >= 11 is 0. The largest absolute Gasteiger partial charge is 0.467 e. The second kappa shape index (κ2) is 12.0. The van der Waals surface area contributed by atoms with Gasteiger partial charge in [0.15, 0.2) is 6.04 Å². The average Bonchev–Trinajstić information content (AvgIpc) is 2.74. The van der Waals surface area contributed by atoms with E-state index in [0.717, 1.165) is 26.7 Å². The zero-order chi connectivity index (χ0) is 25.2. The molecule has 184 valence electrons. The minimum Gasteiger partial charge on any atom is -0.467 e. The van der Waals surface area contributed by atoms with Gasteiger partial charge in [-0.25, -0.2) is 18.6 Å². The van der Waals surface area contributed by atoms with E-state index in [1.165, 1.54) is 18.6 Å². The van der Waals surface area contributed by atoms with Gasteiger partial charge in [0.25, 0.3) is 0 Å². The number of nitrogens with one attached hydrogen (secondary N) is 3. The highest BCUT2D eigenvalue weighted by Gasteiger charge is 2.38. The van der Waals surface area contributed by atoms with E-state index in [-0.39, 0.29) is 6.61 Å². The summed E-state index contributed by atoms with van der Waals surface area (Å²) < 4.78 is 43.7. The fourth-order valence-electron chi connectivity index (χ4n) is 2.31. The molecule has 3 N–H and O–H groups in total. The van der Waals surface area contributed by atoms with Crippen molar-refractivity contribution in [2.24, 2.45) is 0 Å². The molecule has 0 bridgehead atoms. The van der Waals surface area contributed by atoms with Crippen LogP contribution >= 0.6 is 0 Å². The molecule has 0 radical (unpaired) electrons. The molecular weight excluding hydrogens is 462 g/mol. The van der Waals surface area contributed by atoms with Crippen LogP contribution in [0.3, 0.4) is 0 Å². The van der Waals surface area contributed by atoms with Gasteiger partial charge in [0.05, 0.1) is 14.2 Å². The minimum atomic E-state index is -4.68. The van der Waals surface area contributed by atoms with Crippen molar-refractivity contribution in [2.45, 2.75) is 45.1 Å². The predicted octanol–water partition coefficient (Wildman–Crippen LogP) is 0.355. The van der Waals surface area contributed by atoms with Crippen LogP contribution in [0.2, 0.25) is 0 Å². The Kier molecular flexibility index (Phi) is 10.1. The lowest BCUT2D eigenvalue weighted by Crippen LogP contribution is -2.60. The first kappa shape index (κ1) is 27.6. The van der Waals surface area contributed by atoms with E-state index in [0.29, 0.717) is 0 Å². The summed E-state index contributed by atoms with van der Waals surface area (Å²) in [5.74, 6) is -1.91. The fourth-order valence-corrected chi connectivity index (χ4v) is 3.16. The van der Waals surface area contributed by atoms with Gasteiger partial charge in [-0.2, -0.15) is 13.1 Å². The summed E-state index contributed by atoms with van der Waals surface area (Å²) in [6, 6.07) is 7.22. The molecule has 1 aromatic carbocycles. The molecule has 0 aliphatic carbocycles. The molecule has 3 amide bonds. The Morgan fingerprint density at radius 2 is 1.61 bits per heavy atom. The Bertz CT molecular complexity index is 950. The van der Waals surface area contributed by atoms with Crippen LogP contribution in [-0.4, -0.2) is 64.4 Å². The number of methoxy groups -OCH3 is 2. The lowest BCUT2D eigenvalue weighted by molar-refractivity contribution is -0.148. The second-order valence-electron chi connectivity index (χ2n) is 7.14. The third-order valence-electron chi connectivity index (χ3n) is 4.08. The van der Waals surface area contributed by atoms with Crippen molar-refractivity contribution in [2.75, 3.05) is 14.2 Å². The van der Waals surface area contributed by atoms with E-state index in [2.05, 4.69) is 20.1 Å². The molecule has 0 aliphatic heterocycles. The summed E-state index contributed by atoms with van der Waals surface area (Å²) in [7, 11) is -2.73. The lowest BCUT2D eigenvalue weighted by Gasteiger charge is -2.29. The number of carbonyl (C=O) groups is 4. The quantitative estimate of drug-likeness (QED) is 0.307. The van der Waals surface area contributed by atoms with E-state index >= 15 is 0 Å². The standard InChI is InChI=1S/C19H27N3O10S/c1-12(32-33(27,28)22-18(26)30-5)14(15(23)29-4)20-16(24)19(2,3)21-17(25)31-11-13-9-7-6-8-10-13/h6-10,12,14H,11H2,1-5H3,(H,20,24)(H,21,25)(H,22,26)/t12-,14-/m0/s1. The normalized spacial score (nSPS) is 13.1. The number of hydrogen-bond acceptors (Lipinski definition) is 10. The monoisotopic (exact) mass is 489 g/mol. The molecular formula is C19H27N3O10S. The molecule has 1 aromatic rings. The highest BCUT2D eigenvalue weighted by Crippen LogP contribution is 2.10. The third kappa shape index (κ3) is 9.33. The van der Waals surface area contributed by atoms with Crippen LogP contribution in [0, 0.1) is 0 Å². The van der Waals surface area contributed by atoms with Crippen LogP contribution < -0.4 is 15.4 Å². The molecule has 13 nitrogen and oxygen atoms in total. The number of carbonyl (C=O) groups excluding carboxylic acids is 4. The van der Waals surface area contributed by atoms with Gasteiger partial charge in [0.2, 0.25) is 5.91 Å². The first-order valence-corrected chi connectivity index (χ1v) is 10.9. The van der Waals surface area contributed by atoms with Gasteiger partial charge in [-0.15, -0.1) is 0 Å². The summed E-state index contributed by atoms with van der Waals surface area (Å²) in [4.78, 5) is 48.1. The van der Waals surface area contributed by atoms with Crippen LogP contribution in [0.1, 0.15) is 26.3 Å². The van der Waals surface area contributed by atoms with E-state index in [1.807, 2.05) is 0 Å². The van der Waals surface area contributed by atoms with Gasteiger partial charge in [-0.3, -0.25) is 4.79 Å². The molecule has 0 heterocycles. The van der Waals surface area contributed by atoms with Gasteiger partial charge < -0.3 is 24.8 Å². The van der Waals surface area contributed by atoms with Crippen molar-refractivity contribution in [3.63, 3.8) is 0 Å². The van der Waals surface area contributed by atoms with Crippen molar-refractivity contribution < 1.29 is 46.0 Å². The third-order valence-corrected chi connectivity index (χ3v) is 5.05. The highest BCUT2D eigenvalue weighted by atomic mass is 32.2. The molecule has 0 saturated carbocycles. The van der Waals surface area contributed by atoms with Crippen LogP contribution in [-0.2, 0) is 44.9 Å². The predicted molar refractivity (Wildman–Crippen MR) is 113 cm³/mol. The van der Waals surface area contributed by atoms with Gasteiger partial charge in [0.1, 0.15) is 18.2 Å². The zero-order valence-corrected chi connectivity index (χ0v) is 19.6. The Morgan fingerprint density at radius 3 is 2.15 bits per heavy atom. The van der Waals surface area contributed by atoms with E-state index in [4.69, 9.17) is 8.92 Å². The van der Waals surface area contributed by atoms with E-state index in [1.54, 1.807) is 30.3 Å². The van der Waals surface area contributed by atoms with Crippen molar-refractivity contribution in [1.82, 2.24) is 15.4 Å². The molecule has 0 aromatic heterocycles. The SMILES string of the molecule is COC(=O)NS(=O)(=O)O[C@@H](C)[C@H](NC(=O)C(C)(C)NC(=O)OCc1ccccc1)C(=O)OC. The number of esters is 1. The Balaban J connectivity index is 2.81. The van der Waals surface area contributed by atoms with Crippen molar-refractivity contribution in [1.29, 1.82) is 0 Å². The lowest BCUT2D eigenvalue weighted by atomic mass is 10.0. The molecule has 0 saturated heterocycles. The van der Waals surface area contributed by atoms with Crippen LogP contribution in [0.4, 0.5) is 9.59 Å². The van der Waals surface area contributed by atoms with Gasteiger partial charge in [0, 0.05) is 0 Å². The summed E-state index contributed by atoms with van der Waals surface area (Å²) in [6.07, 6.45) is -3.73. The van der Waals surface area contributed by atoms with Crippen LogP contribution in [0.5, 0.6) is 0 Å². The maximum Gasteiger partial charge on any atom is 0.422 e. The number of benzene rings is 1. The van der Waals surface area contributed by atoms with Crippen molar-refractivity contribution in [3.8, 4) is 0 Å². The summed E-state index contributed by atoms with van der Waals surface area (Å²) in [6.45, 7) is 3.78. The second-order valence-corrected chi connectivity index (χ2v) is 8.44. The Morgan fingerprint density at radius 1 is 1.00 bits per heavy atom. The molecule has 0 fully saturated rings. The molecule has 14 heteroatoms. The number of rotatable bonds is 10. The minimum absolute atomic E-state index is 0.0366. The van der Waals surface area contributed by atoms with Gasteiger partial charge >= 0.3 is 28.5 Å². The zero-order valence-electron chi connectivity index (χ0n) is 18.7.